The molecular formula is C13H18N2O4. The molecule has 6 heteroatoms. The minimum absolute atomic E-state index is 0.167. The Morgan fingerprint density at radius 1 is 1.47 bits per heavy atom. The summed E-state index contributed by atoms with van der Waals surface area (Å²) in [6.07, 6.45) is 3.23. The van der Waals surface area contributed by atoms with Crippen LogP contribution in [0.2, 0.25) is 0 Å². The Morgan fingerprint density at radius 2 is 2.16 bits per heavy atom. The summed E-state index contributed by atoms with van der Waals surface area (Å²) in [6.45, 7) is 3.80. The van der Waals surface area contributed by atoms with Crippen molar-refractivity contribution in [2.45, 2.75) is 26.3 Å². The zero-order valence-corrected chi connectivity index (χ0v) is 11.2. The summed E-state index contributed by atoms with van der Waals surface area (Å²) in [6, 6.07) is 0.577. The van der Waals surface area contributed by atoms with Gasteiger partial charge in [-0.25, -0.2) is 4.79 Å². The van der Waals surface area contributed by atoms with Crippen molar-refractivity contribution >= 4 is 11.9 Å². The number of ether oxygens (including phenoxy) is 1. The Bertz CT molecular complexity index is 460. The lowest BCUT2D eigenvalue weighted by atomic mass is 10.0. The number of carbonyl (C=O) groups excluding carboxylic acids is 1. The molecule has 1 heterocycles. The number of hydrogen-bond acceptors (Lipinski definition) is 4. The van der Waals surface area contributed by atoms with Crippen molar-refractivity contribution in [3.8, 4) is 5.75 Å². The first-order valence-corrected chi connectivity index (χ1v) is 5.97. The van der Waals surface area contributed by atoms with Crippen LogP contribution >= 0.6 is 0 Å². The van der Waals surface area contributed by atoms with Gasteiger partial charge in [-0.15, -0.1) is 0 Å². The Morgan fingerprint density at radius 3 is 2.68 bits per heavy atom. The van der Waals surface area contributed by atoms with Crippen LogP contribution in [0.1, 0.15) is 30.6 Å². The van der Waals surface area contributed by atoms with Crippen molar-refractivity contribution < 1.29 is 19.4 Å². The highest BCUT2D eigenvalue weighted by Crippen LogP contribution is 2.16. The summed E-state index contributed by atoms with van der Waals surface area (Å²) in [5.74, 6) is -1.04. The molecule has 0 spiro atoms. The van der Waals surface area contributed by atoms with E-state index in [2.05, 4.69) is 10.3 Å². The van der Waals surface area contributed by atoms with Crippen molar-refractivity contribution in [2.24, 2.45) is 5.92 Å². The van der Waals surface area contributed by atoms with E-state index in [-0.39, 0.29) is 11.5 Å². The third kappa shape index (κ3) is 4.24. The number of carboxylic acid groups (broad SMARTS) is 1. The van der Waals surface area contributed by atoms with E-state index in [1.807, 2.05) is 13.8 Å². The van der Waals surface area contributed by atoms with Gasteiger partial charge in [-0.3, -0.25) is 9.78 Å². The van der Waals surface area contributed by atoms with Gasteiger partial charge in [0.25, 0.3) is 5.91 Å². The third-order valence-corrected chi connectivity index (χ3v) is 2.56. The first-order chi connectivity index (χ1) is 8.95. The van der Waals surface area contributed by atoms with E-state index in [1.54, 1.807) is 0 Å². The molecule has 1 aromatic rings. The Labute approximate surface area is 111 Å². The van der Waals surface area contributed by atoms with Crippen LogP contribution in [0.15, 0.2) is 18.5 Å². The fourth-order valence-corrected chi connectivity index (χ4v) is 1.66. The molecule has 0 aliphatic carbocycles. The predicted octanol–water partition coefficient (Wildman–Crippen LogP) is 1.32. The third-order valence-electron chi connectivity index (χ3n) is 2.56. The highest BCUT2D eigenvalue weighted by molar-refractivity contribution is 5.98. The number of aliphatic carboxylic acids is 1. The van der Waals surface area contributed by atoms with E-state index in [0.29, 0.717) is 12.2 Å². The maximum Gasteiger partial charge on any atom is 0.326 e. The van der Waals surface area contributed by atoms with Crippen LogP contribution in [0, 0.1) is 5.92 Å². The Kier molecular flexibility index (Phi) is 5.29. The van der Waals surface area contributed by atoms with Gasteiger partial charge in [-0.05, 0) is 18.4 Å². The number of nitrogens with zero attached hydrogens (tertiary/aromatic N) is 1. The van der Waals surface area contributed by atoms with Crippen LogP contribution in [0.3, 0.4) is 0 Å². The van der Waals surface area contributed by atoms with Crippen LogP contribution in [-0.2, 0) is 4.79 Å². The van der Waals surface area contributed by atoms with Crippen LogP contribution in [-0.4, -0.2) is 35.1 Å². The molecule has 1 atom stereocenters. The van der Waals surface area contributed by atoms with E-state index in [1.165, 1.54) is 25.6 Å². The highest BCUT2D eigenvalue weighted by atomic mass is 16.5. The minimum atomic E-state index is -1.05. The van der Waals surface area contributed by atoms with Crippen LogP contribution in [0.5, 0.6) is 5.75 Å². The predicted molar refractivity (Wildman–Crippen MR) is 69.1 cm³/mol. The summed E-state index contributed by atoms with van der Waals surface area (Å²) in [5, 5.41) is 11.6. The Balaban J connectivity index is 2.84. The molecule has 2 N–H and O–H groups in total. The van der Waals surface area contributed by atoms with E-state index in [0.717, 1.165) is 0 Å². The average molecular weight is 266 g/mol. The van der Waals surface area contributed by atoms with Crippen molar-refractivity contribution in [3.05, 3.63) is 24.0 Å². The molecule has 104 valence electrons. The molecule has 1 rings (SSSR count). The van der Waals surface area contributed by atoms with Crippen LogP contribution < -0.4 is 10.1 Å². The molecule has 0 radical (unpaired) electrons. The van der Waals surface area contributed by atoms with E-state index < -0.39 is 17.9 Å². The fraction of sp³-hybridized carbons (Fsp3) is 0.462. The summed E-state index contributed by atoms with van der Waals surface area (Å²) in [5.41, 5.74) is 0.271. The van der Waals surface area contributed by atoms with E-state index >= 15 is 0 Å². The van der Waals surface area contributed by atoms with Crippen molar-refractivity contribution in [2.75, 3.05) is 7.11 Å². The van der Waals surface area contributed by atoms with Gasteiger partial charge in [0, 0.05) is 6.20 Å². The number of aromatic nitrogens is 1. The summed E-state index contributed by atoms with van der Waals surface area (Å²) in [4.78, 5) is 27.0. The van der Waals surface area contributed by atoms with Gasteiger partial charge in [0.2, 0.25) is 0 Å². The normalized spacial score (nSPS) is 12.0. The monoisotopic (exact) mass is 266 g/mol. The molecule has 0 aromatic carbocycles. The van der Waals surface area contributed by atoms with E-state index in [9.17, 15) is 9.59 Å². The smallest absolute Gasteiger partial charge is 0.326 e. The number of carbonyl (C=O) groups is 2. The van der Waals surface area contributed by atoms with Crippen LogP contribution in [0.4, 0.5) is 0 Å². The number of amides is 1. The molecule has 1 aromatic heterocycles. The zero-order valence-electron chi connectivity index (χ0n) is 11.2. The summed E-state index contributed by atoms with van der Waals surface area (Å²) in [7, 11) is 1.43. The van der Waals surface area contributed by atoms with Gasteiger partial charge in [0.15, 0.2) is 0 Å². The lowest BCUT2D eigenvalue weighted by Gasteiger charge is -2.17. The Hall–Kier alpha value is -2.11. The van der Waals surface area contributed by atoms with Crippen molar-refractivity contribution in [1.29, 1.82) is 0 Å². The fourth-order valence-electron chi connectivity index (χ4n) is 1.66. The number of methoxy groups -OCH3 is 1. The van der Waals surface area contributed by atoms with Gasteiger partial charge >= 0.3 is 5.97 Å². The minimum Gasteiger partial charge on any atom is -0.494 e. The molecule has 0 saturated carbocycles. The van der Waals surface area contributed by atoms with Gasteiger partial charge in [-0.2, -0.15) is 0 Å². The number of pyridine rings is 1. The number of carboxylic acids is 1. The van der Waals surface area contributed by atoms with Gasteiger partial charge < -0.3 is 15.2 Å². The van der Waals surface area contributed by atoms with Gasteiger partial charge in [0.05, 0.1) is 18.9 Å². The molecular weight excluding hydrogens is 248 g/mol. The second-order valence-electron chi connectivity index (χ2n) is 4.57. The quantitative estimate of drug-likeness (QED) is 0.810. The number of rotatable bonds is 6. The molecule has 19 heavy (non-hydrogen) atoms. The van der Waals surface area contributed by atoms with Crippen molar-refractivity contribution in [1.82, 2.24) is 10.3 Å². The molecule has 0 bridgehead atoms. The second-order valence-corrected chi connectivity index (χ2v) is 4.57. The van der Waals surface area contributed by atoms with Crippen LogP contribution in [0.25, 0.3) is 0 Å². The number of hydrogen-bond donors (Lipinski definition) is 2. The standard InChI is InChI=1S/C13H18N2O4/c1-8(2)6-10(13(17)18)15-12(16)9-4-5-14-7-11(9)19-3/h4-5,7-8,10H,6H2,1-3H3,(H,15,16)(H,17,18)/t10-/m1/s1. The maximum absolute atomic E-state index is 12.0. The maximum atomic E-state index is 12.0. The largest absolute Gasteiger partial charge is 0.494 e. The average Bonchev–Trinajstić information content (AvgIpc) is 2.37. The first kappa shape index (κ1) is 14.9. The molecule has 0 aliphatic heterocycles. The molecule has 1 amide bonds. The summed E-state index contributed by atoms with van der Waals surface area (Å²) >= 11 is 0. The zero-order chi connectivity index (χ0) is 14.4. The second kappa shape index (κ2) is 6.72. The molecule has 0 aliphatic rings. The van der Waals surface area contributed by atoms with E-state index in [4.69, 9.17) is 9.84 Å². The SMILES string of the molecule is COc1cnccc1C(=O)N[C@H](CC(C)C)C(=O)O. The highest BCUT2D eigenvalue weighted by Gasteiger charge is 2.23. The van der Waals surface area contributed by atoms with Gasteiger partial charge in [-0.1, -0.05) is 13.8 Å². The topological polar surface area (TPSA) is 88.5 Å². The lowest BCUT2D eigenvalue weighted by Crippen LogP contribution is -2.41. The molecule has 0 fully saturated rings. The number of nitrogens with one attached hydrogen (secondary N) is 1. The molecule has 0 saturated heterocycles. The van der Waals surface area contributed by atoms with Gasteiger partial charge in [0.1, 0.15) is 11.8 Å². The molecule has 0 unspecified atom stereocenters. The lowest BCUT2D eigenvalue weighted by molar-refractivity contribution is -0.139. The molecule has 6 nitrogen and oxygen atoms in total. The van der Waals surface area contributed by atoms with Crippen molar-refractivity contribution in [3.63, 3.8) is 0 Å². The first-order valence-electron chi connectivity index (χ1n) is 5.97. The summed E-state index contributed by atoms with van der Waals surface area (Å²) < 4.78 is 5.02.